The molecule has 4 rings (SSSR count). The molecule has 1 saturated heterocycles. The number of amides is 2. The Hall–Kier alpha value is -2.73. The van der Waals surface area contributed by atoms with Gasteiger partial charge in [-0.3, -0.25) is 9.59 Å². The van der Waals surface area contributed by atoms with Gasteiger partial charge in [-0.2, -0.15) is 0 Å². The van der Waals surface area contributed by atoms with Gasteiger partial charge in [0, 0.05) is 28.7 Å². The molecule has 0 saturated carbocycles. The zero-order valence-electron chi connectivity index (χ0n) is 17.6. The molecule has 0 spiro atoms. The number of hydrogen-bond acceptors (Lipinski definition) is 3. The predicted molar refractivity (Wildman–Crippen MR) is 123 cm³/mol. The monoisotopic (exact) mass is 421 g/mol. The second-order valence-corrected chi connectivity index (χ2v) is 9.69. The summed E-state index contributed by atoms with van der Waals surface area (Å²) in [6, 6.07) is 19.7. The maximum Gasteiger partial charge on any atom is 0.271 e. The average Bonchev–Trinajstić information content (AvgIpc) is 3.33. The lowest BCUT2D eigenvalue weighted by molar-refractivity contribution is -0.125. The Labute approximate surface area is 181 Å². The van der Waals surface area contributed by atoms with E-state index < -0.39 is 6.04 Å². The van der Waals surface area contributed by atoms with Crippen molar-refractivity contribution in [2.75, 3.05) is 11.6 Å². The van der Waals surface area contributed by atoms with Gasteiger partial charge in [0.15, 0.2) is 0 Å². The normalized spacial score (nSPS) is 16.8. The maximum absolute atomic E-state index is 13.6. The first-order valence-corrected chi connectivity index (χ1v) is 11.3. The van der Waals surface area contributed by atoms with Crippen LogP contribution in [-0.4, -0.2) is 44.5 Å². The molecule has 0 bridgehead atoms. The average molecular weight is 422 g/mol. The first-order chi connectivity index (χ1) is 14.3. The smallest absolute Gasteiger partial charge is 0.271 e. The molecule has 0 radical (unpaired) electrons. The minimum absolute atomic E-state index is 0.0911. The van der Waals surface area contributed by atoms with Crippen LogP contribution in [0.2, 0.25) is 0 Å². The summed E-state index contributed by atoms with van der Waals surface area (Å²) in [4.78, 5) is 28.2. The Morgan fingerprint density at radius 2 is 1.77 bits per heavy atom. The lowest BCUT2D eigenvalue weighted by Crippen LogP contribution is -2.52. The van der Waals surface area contributed by atoms with Crippen molar-refractivity contribution in [3.8, 4) is 0 Å². The van der Waals surface area contributed by atoms with E-state index >= 15 is 0 Å². The summed E-state index contributed by atoms with van der Waals surface area (Å²) in [5.74, 6) is 0.952. The van der Waals surface area contributed by atoms with Crippen LogP contribution in [0.1, 0.15) is 36.8 Å². The first-order valence-electron chi connectivity index (χ1n) is 10.2. The number of aromatic nitrogens is 1. The molecule has 2 heterocycles. The van der Waals surface area contributed by atoms with E-state index in [-0.39, 0.29) is 17.4 Å². The van der Waals surface area contributed by atoms with Crippen LogP contribution < -0.4 is 5.32 Å². The third-order valence-corrected chi connectivity index (χ3v) is 6.17. The number of nitrogens with zero attached hydrogens (tertiary/aromatic N) is 2. The Morgan fingerprint density at radius 3 is 2.50 bits per heavy atom. The second-order valence-electron chi connectivity index (χ2n) is 8.69. The van der Waals surface area contributed by atoms with Gasteiger partial charge in [-0.15, -0.1) is 11.8 Å². The predicted octanol–water partition coefficient (Wildman–Crippen LogP) is 4.12. The highest BCUT2D eigenvalue weighted by atomic mass is 32.2. The summed E-state index contributed by atoms with van der Waals surface area (Å²) in [5, 5.41) is 4.05. The van der Waals surface area contributed by atoms with Gasteiger partial charge in [0.25, 0.3) is 5.91 Å². The molecule has 1 unspecified atom stereocenters. The van der Waals surface area contributed by atoms with E-state index in [9.17, 15) is 9.59 Å². The Kier molecular flexibility index (Phi) is 5.60. The molecule has 3 aromatic rings. The molecular weight excluding hydrogens is 394 g/mol. The van der Waals surface area contributed by atoms with Crippen molar-refractivity contribution in [1.82, 2.24) is 14.8 Å². The third-order valence-electron chi connectivity index (χ3n) is 5.16. The zero-order chi connectivity index (χ0) is 21.3. The fraction of sp³-hybridized carbons (Fsp3) is 0.333. The third kappa shape index (κ3) is 4.24. The van der Waals surface area contributed by atoms with Crippen LogP contribution in [0.25, 0.3) is 10.9 Å². The number of thioether (sulfide) groups is 1. The van der Waals surface area contributed by atoms with E-state index in [0.29, 0.717) is 23.9 Å². The van der Waals surface area contributed by atoms with Gasteiger partial charge in [0.05, 0.1) is 5.88 Å². The van der Waals surface area contributed by atoms with Crippen molar-refractivity contribution in [2.24, 2.45) is 0 Å². The molecule has 6 heteroatoms. The molecule has 2 amide bonds. The largest absolute Gasteiger partial charge is 0.350 e. The molecule has 1 aliphatic heterocycles. The lowest BCUT2D eigenvalue weighted by atomic mass is 10.1. The van der Waals surface area contributed by atoms with E-state index in [4.69, 9.17) is 0 Å². The van der Waals surface area contributed by atoms with Crippen molar-refractivity contribution in [1.29, 1.82) is 0 Å². The summed E-state index contributed by atoms with van der Waals surface area (Å²) in [7, 11) is 0. The molecule has 1 fully saturated rings. The zero-order valence-corrected chi connectivity index (χ0v) is 18.4. The summed E-state index contributed by atoms with van der Waals surface area (Å²) in [5.41, 5.74) is 2.44. The fourth-order valence-electron chi connectivity index (χ4n) is 3.78. The Morgan fingerprint density at radius 1 is 1.07 bits per heavy atom. The van der Waals surface area contributed by atoms with Crippen LogP contribution in [-0.2, 0) is 11.3 Å². The van der Waals surface area contributed by atoms with Crippen LogP contribution in [0.5, 0.6) is 0 Å². The molecule has 2 aromatic carbocycles. The van der Waals surface area contributed by atoms with Crippen LogP contribution in [0.4, 0.5) is 0 Å². The summed E-state index contributed by atoms with van der Waals surface area (Å²) in [6.45, 7) is 6.47. The van der Waals surface area contributed by atoms with Gasteiger partial charge in [-0.05, 0) is 38.5 Å². The van der Waals surface area contributed by atoms with E-state index in [2.05, 4.69) is 22.0 Å². The number of benzene rings is 2. The van der Waals surface area contributed by atoms with E-state index in [1.54, 1.807) is 16.7 Å². The quantitative estimate of drug-likeness (QED) is 0.689. The molecule has 1 N–H and O–H groups in total. The second kappa shape index (κ2) is 8.19. The Balaban J connectivity index is 1.69. The van der Waals surface area contributed by atoms with E-state index in [1.165, 1.54) is 0 Å². The van der Waals surface area contributed by atoms with E-state index in [0.717, 1.165) is 16.5 Å². The molecule has 0 aliphatic carbocycles. The summed E-state index contributed by atoms with van der Waals surface area (Å²) >= 11 is 1.62. The van der Waals surface area contributed by atoms with Gasteiger partial charge in [0.1, 0.15) is 11.7 Å². The van der Waals surface area contributed by atoms with Gasteiger partial charge in [0.2, 0.25) is 5.91 Å². The molecule has 1 aromatic heterocycles. The highest BCUT2D eigenvalue weighted by Gasteiger charge is 2.37. The number of carbonyl (C=O) groups excluding carboxylic acids is 2. The number of hydrogen-bond donors (Lipinski definition) is 1. The number of nitrogens with one attached hydrogen (secondary N) is 1. The van der Waals surface area contributed by atoms with Crippen molar-refractivity contribution >= 4 is 34.5 Å². The topological polar surface area (TPSA) is 54.3 Å². The molecule has 156 valence electrons. The van der Waals surface area contributed by atoms with Crippen LogP contribution >= 0.6 is 11.8 Å². The number of rotatable bonds is 4. The molecular formula is C24H27N3O2S. The molecule has 5 nitrogen and oxygen atoms in total. The summed E-state index contributed by atoms with van der Waals surface area (Å²) < 4.78 is 2.06. The minimum atomic E-state index is -0.454. The highest BCUT2D eigenvalue weighted by molar-refractivity contribution is 7.99. The highest BCUT2D eigenvalue weighted by Crippen LogP contribution is 2.27. The molecule has 1 aliphatic rings. The van der Waals surface area contributed by atoms with Crippen molar-refractivity contribution in [2.45, 2.75) is 38.9 Å². The van der Waals surface area contributed by atoms with Gasteiger partial charge in [-0.1, -0.05) is 48.5 Å². The van der Waals surface area contributed by atoms with Crippen LogP contribution in [0.15, 0.2) is 60.7 Å². The number of fused-ring (bicyclic) bond motifs is 1. The van der Waals surface area contributed by atoms with Gasteiger partial charge >= 0.3 is 0 Å². The summed E-state index contributed by atoms with van der Waals surface area (Å²) in [6.07, 6.45) is 0. The molecule has 30 heavy (non-hydrogen) atoms. The number of para-hydroxylation sites is 1. The Bertz CT molecular complexity index is 1070. The maximum atomic E-state index is 13.6. The van der Waals surface area contributed by atoms with Gasteiger partial charge in [-0.25, -0.2) is 0 Å². The lowest BCUT2D eigenvalue weighted by Gasteiger charge is -2.28. The standard InChI is InChI=1S/C24H27N3O2S/c1-24(2,3)25-22(28)21-15-30-16-27(21)23(29)20-13-18-11-7-8-12-19(18)26(20)14-17-9-5-4-6-10-17/h4-13,21H,14-16H2,1-3H3,(H,25,28). The van der Waals surface area contributed by atoms with Crippen LogP contribution in [0, 0.1) is 0 Å². The SMILES string of the molecule is CC(C)(C)NC(=O)C1CSCN1C(=O)c1cc2ccccc2n1Cc1ccccc1. The van der Waals surface area contributed by atoms with Gasteiger partial charge < -0.3 is 14.8 Å². The van der Waals surface area contributed by atoms with Crippen LogP contribution in [0.3, 0.4) is 0 Å². The van der Waals surface area contributed by atoms with Crippen molar-refractivity contribution in [3.63, 3.8) is 0 Å². The fourth-order valence-corrected chi connectivity index (χ4v) is 4.94. The van der Waals surface area contributed by atoms with E-state index in [1.807, 2.05) is 69.3 Å². The van der Waals surface area contributed by atoms with Crippen molar-refractivity contribution < 1.29 is 9.59 Å². The van der Waals surface area contributed by atoms with Crippen molar-refractivity contribution in [3.05, 3.63) is 71.9 Å². The minimum Gasteiger partial charge on any atom is -0.350 e. The molecule has 1 atom stereocenters. The first kappa shape index (κ1) is 20.5. The number of carbonyl (C=O) groups is 2.